The summed E-state index contributed by atoms with van der Waals surface area (Å²) in [6.07, 6.45) is -3.45. The van der Waals surface area contributed by atoms with Crippen LogP contribution >= 0.6 is 0 Å². The van der Waals surface area contributed by atoms with Crippen LogP contribution in [0.25, 0.3) is 0 Å². The average molecular weight is 658 g/mol. The van der Waals surface area contributed by atoms with E-state index in [1.807, 2.05) is 4.90 Å². The van der Waals surface area contributed by atoms with Gasteiger partial charge >= 0.3 is 6.18 Å². The lowest BCUT2D eigenvalue weighted by molar-refractivity contribution is -0.147. The van der Waals surface area contributed by atoms with Crippen LogP contribution in [0.4, 0.5) is 34.8 Å². The summed E-state index contributed by atoms with van der Waals surface area (Å²) in [6, 6.07) is 5.05. The first-order valence-electron chi connectivity index (χ1n) is 15.8. The molecule has 0 aliphatic carbocycles. The molecule has 0 radical (unpaired) electrons. The number of aryl methyl sites for hydroxylation is 1. The summed E-state index contributed by atoms with van der Waals surface area (Å²) in [4.78, 5) is 54.7. The van der Waals surface area contributed by atoms with Crippen molar-refractivity contribution in [3.05, 3.63) is 60.1 Å². The van der Waals surface area contributed by atoms with Crippen LogP contribution in [-0.4, -0.2) is 115 Å². The van der Waals surface area contributed by atoms with Crippen molar-refractivity contribution in [1.82, 2.24) is 19.7 Å². The molecule has 1 spiro atoms. The van der Waals surface area contributed by atoms with Crippen molar-refractivity contribution in [2.45, 2.75) is 38.0 Å². The summed E-state index contributed by atoms with van der Waals surface area (Å²) in [5.74, 6) is -2.50. The van der Waals surface area contributed by atoms with Crippen LogP contribution < -0.4 is 14.7 Å². The number of halogens is 4. The third-order valence-electron chi connectivity index (χ3n) is 10.0. The van der Waals surface area contributed by atoms with E-state index in [0.717, 1.165) is 43.2 Å². The number of anilines is 3. The Balaban J connectivity index is 1.29. The number of carbonyl (C=O) groups excluding carboxylic acids is 3. The molecule has 6 rings (SSSR count). The maximum atomic E-state index is 15.7. The van der Waals surface area contributed by atoms with Gasteiger partial charge in [-0.2, -0.15) is 13.2 Å². The standard InChI is InChI=1S/C33H39F4N7O3/c1-5-27(45)42-19-32(20-42)18-40(11-13-43(32)6-2)10-12-41-17-22-15-28(46)44(26-16-23(33(35,36)37)14-21(3)38-26)29(22)31(47)39(4)25-9-7-8-24(34)30(25)41/h5,7-9,14,16,22,29H,1,6,10-13,15,17-20H2,2-4H3/t22-,29+/m1/s1. The molecular weight excluding hydrogens is 618 g/mol. The Bertz CT molecular complexity index is 1590. The number of nitrogens with zero attached hydrogens (tertiary/aromatic N) is 7. The summed E-state index contributed by atoms with van der Waals surface area (Å²) in [7, 11) is 1.49. The van der Waals surface area contributed by atoms with E-state index in [1.165, 1.54) is 37.1 Å². The second-order valence-corrected chi connectivity index (χ2v) is 13.0. The van der Waals surface area contributed by atoms with Crippen molar-refractivity contribution in [3.8, 4) is 0 Å². The number of likely N-dealkylation sites (N-methyl/N-ethyl adjacent to an activating group) is 2. The highest BCUT2D eigenvalue weighted by Crippen LogP contribution is 2.41. The highest BCUT2D eigenvalue weighted by molar-refractivity contribution is 6.10. The summed E-state index contributed by atoms with van der Waals surface area (Å²) in [5, 5.41) is 0. The van der Waals surface area contributed by atoms with E-state index >= 15 is 4.39 Å². The van der Waals surface area contributed by atoms with Gasteiger partial charge in [0.05, 0.1) is 22.5 Å². The van der Waals surface area contributed by atoms with Gasteiger partial charge in [-0.15, -0.1) is 0 Å². The first-order valence-corrected chi connectivity index (χ1v) is 15.8. The number of alkyl halides is 3. The van der Waals surface area contributed by atoms with Gasteiger partial charge in [0.2, 0.25) is 17.7 Å². The van der Waals surface area contributed by atoms with E-state index in [2.05, 4.69) is 28.3 Å². The number of para-hydroxylation sites is 1. The predicted octanol–water partition coefficient (Wildman–Crippen LogP) is 3.16. The van der Waals surface area contributed by atoms with Crippen molar-refractivity contribution < 1.29 is 31.9 Å². The molecule has 3 fully saturated rings. The SMILES string of the molecule is C=CC(=O)N1CC2(CN(CCN3C[C@H]4CC(=O)N(c5cc(C(F)(F)F)cc(C)n5)[C@@H]4C(=O)N(C)c4cccc(F)c43)CCN2CC)C1. The quantitative estimate of drug-likeness (QED) is 0.349. The summed E-state index contributed by atoms with van der Waals surface area (Å²) < 4.78 is 56.8. The first-order chi connectivity index (χ1) is 22.3. The molecule has 47 heavy (non-hydrogen) atoms. The smallest absolute Gasteiger partial charge is 0.366 e. The molecule has 0 N–H and O–H groups in total. The number of amides is 3. The van der Waals surface area contributed by atoms with Gasteiger partial charge in [-0.25, -0.2) is 9.37 Å². The molecule has 2 aromatic rings. The molecule has 1 aromatic carbocycles. The Labute approximate surface area is 271 Å². The number of hydrogen-bond acceptors (Lipinski definition) is 7. The van der Waals surface area contributed by atoms with Crippen LogP contribution in [0.5, 0.6) is 0 Å². The third kappa shape index (κ3) is 5.86. The van der Waals surface area contributed by atoms with Gasteiger partial charge in [-0.3, -0.25) is 29.1 Å². The number of fused-ring (bicyclic) bond motifs is 2. The fraction of sp³-hybridized carbons (Fsp3) is 0.515. The molecule has 4 aliphatic heterocycles. The minimum Gasteiger partial charge on any atom is -0.366 e. The largest absolute Gasteiger partial charge is 0.416 e. The van der Waals surface area contributed by atoms with Gasteiger partial charge in [0, 0.05) is 77.4 Å². The van der Waals surface area contributed by atoms with E-state index in [1.54, 1.807) is 11.0 Å². The molecule has 3 saturated heterocycles. The van der Waals surface area contributed by atoms with Gasteiger partial charge in [0.1, 0.15) is 17.7 Å². The second-order valence-electron chi connectivity index (χ2n) is 13.0. The van der Waals surface area contributed by atoms with Crippen molar-refractivity contribution in [2.24, 2.45) is 5.92 Å². The third-order valence-corrected chi connectivity index (χ3v) is 10.0. The van der Waals surface area contributed by atoms with Crippen LogP contribution in [0.1, 0.15) is 24.6 Å². The van der Waals surface area contributed by atoms with Crippen LogP contribution in [0.3, 0.4) is 0 Å². The topological polar surface area (TPSA) is 83.5 Å². The van der Waals surface area contributed by atoms with Crippen LogP contribution in [-0.2, 0) is 20.6 Å². The van der Waals surface area contributed by atoms with Crippen LogP contribution in [0.2, 0.25) is 0 Å². The number of rotatable bonds is 6. The molecule has 0 unspecified atom stereocenters. The summed E-state index contributed by atoms with van der Waals surface area (Å²) >= 11 is 0. The Morgan fingerprint density at radius 1 is 1.13 bits per heavy atom. The van der Waals surface area contributed by atoms with Gasteiger partial charge in [0.25, 0.3) is 0 Å². The van der Waals surface area contributed by atoms with Crippen molar-refractivity contribution in [2.75, 3.05) is 80.7 Å². The highest BCUT2D eigenvalue weighted by Gasteiger charge is 2.52. The number of carbonyl (C=O) groups is 3. The van der Waals surface area contributed by atoms with Gasteiger partial charge < -0.3 is 14.7 Å². The maximum Gasteiger partial charge on any atom is 0.416 e. The van der Waals surface area contributed by atoms with E-state index in [-0.39, 0.29) is 41.6 Å². The van der Waals surface area contributed by atoms with E-state index < -0.39 is 41.3 Å². The molecule has 2 atom stereocenters. The zero-order chi connectivity index (χ0) is 33.8. The second kappa shape index (κ2) is 12.2. The molecule has 0 bridgehead atoms. The minimum absolute atomic E-state index is 0.0659. The average Bonchev–Trinajstić information content (AvgIpc) is 3.34. The molecule has 5 heterocycles. The lowest BCUT2D eigenvalue weighted by Gasteiger charge is -2.60. The number of aromatic nitrogens is 1. The van der Waals surface area contributed by atoms with E-state index in [0.29, 0.717) is 31.9 Å². The monoisotopic (exact) mass is 657 g/mol. The molecule has 3 amide bonds. The Kier molecular flexibility index (Phi) is 8.54. The Morgan fingerprint density at radius 3 is 2.55 bits per heavy atom. The molecule has 4 aliphatic rings. The molecule has 10 nitrogen and oxygen atoms in total. The highest BCUT2D eigenvalue weighted by atomic mass is 19.4. The normalized spacial score (nSPS) is 23.4. The lowest BCUT2D eigenvalue weighted by Crippen LogP contribution is -2.77. The fourth-order valence-electron chi connectivity index (χ4n) is 7.76. The predicted molar refractivity (Wildman–Crippen MR) is 169 cm³/mol. The maximum absolute atomic E-state index is 15.7. The van der Waals surface area contributed by atoms with Gasteiger partial charge in [-0.05, 0) is 43.8 Å². The number of benzene rings is 1. The number of pyridine rings is 1. The molecule has 0 saturated carbocycles. The van der Waals surface area contributed by atoms with E-state index in [9.17, 15) is 27.6 Å². The minimum atomic E-state index is -4.67. The lowest BCUT2D eigenvalue weighted by atomic mass is 9.84. The van der Waals surface area contributed by atoms with Gasteiger partial charge in [0.15, 0.2) is 0 Å². The first kappa shape index (κ1) is 32.9. The molecular formula is C33H39F4N7O3. The summed E-state index contributed by atoms with van der Waals surface area (Å²) in [5.41, 5.74) is -0.519. The van der Waals surface area contributed by atoms with E-state index in [4.69, 9.17) is 0 Å². The Morgan fingerprint density at radius 2 is 1.87 bits per heavy atom. The molecule has 14 heteroatoms. The van der Waals surface area contributed by atoms with Crippen molar-refractivity contribution in [3.63, 3.8) is 0 Å². The molecule has 1 aromatic heterocycles. The zero-order valence-corrected chi connectivity index (χ0v) is 26.8. The van der Waals surface area contributed by atoms with Crippen LogP contribution in [0.15, 0.2) is 43.0 Å². The summed E-state index contributed by atoms with van der Waals surface area (Å²) in [6.45, 7) is 12.5. The van der Waals surface area contributed by atoms with Crippen LogP contribution in [0, 0.1) is 18.7 Å². The van der Waals surface area contributed by atoms with Crippen molar-refractivity contribution >= 4 is 34.9 Å². The number of piperazine rings is 1. The van der Waals surface area contributed by atoms with Crippen molar-refractivity contribution in [1.29, 1.82) is 0 Å². The molecule has 252 valence electrons. The zero-order valence-electron chi connectivity index (χ0n) is 26.8. The number of likely N-dealkylation sites (tertiary alicyclic amines) is 1. The number of hydrogen-bond donors (Lipinski definition) is 0. The fourth-order valence-corrected chi connectivity index (χ4v) is 7.76. The Hall–Kier alpha value is -4.04. The van der Waals surface area contributed by atoms with Gasteiger partial charge in [-0.1, -0.05) is 19.6 Å².